The van der Waals surface area contributed by atoms with E-state index in [2.05, 4.69) is 4.98 Å². The number of likely N-dealkylation sites (tertiary alicyclic amines) is 2. The Bertz CT molecular complexity index is 992. The smallest absolute Gasteiger partial charge is 0.323 e. The maximum Gasteiger partial charge on any atom is 0.417 e. The Morgan fingerprint density at radius 1 is 1.10 bits per heavy atom. The van der Waals surface area contributed by atoms with Crippen LogP contribution < -0.4 is 0 Å². The molecule has 5 rings (SSSR count). The van der Waals surface area contributed by atoms with E-state index in [9.17, 15) is 30.8 Å². The van der Waals surface area contributed by atoms with Crippen molar-refractivity contribution >= 4 is 15.9 Å². The van der Waals surface area contributed by atoms with E-state index in [1.54, 1.807) is 9.80 Å². The monoisotopic (exact) mass is 447 g/mol. The van der Waals surface area contributed by atoms with Crippen molar-refractivity contribution in [1.29, 1.82) is 0 Å². The summed E-state index contributed by atoms with van der Waals surface area (Å²) in [5, 5.41) is 0. The van der Waals surface area contributed by atoms with Gasteiger partial charge in [-0.1, -0.05) is 0 Å². The van der Waals surface area contributed by atoms with Gasteiger partial charge in [0.25, 0.3) is 0 Å². The molecule has 0 unspecified atom stereocenters. The van der Waals surface area contributed by atoms with Crippen LogP contribution in [0.4, 0.5) is 22.4 Å². The minimum Gasteiger partial charge on any atom is -0.323 e. The molecule has 3 saturated heterocycles. The van der Waals surface area contributed by atoms with Crippen molar-refractivity contribution in [2.24, 2.45) is 16.7 Å². The van der Waals surface area contributed by atoms with E-state index in [1.165, 1.54) is 0 Å². The number of hydrogen-bond donors (Lipinski definition) is 0. The summed E-state index contributed by atoms with van der Waals surface area (Å²) in [4.78, 5) is 19.6. The highest BCUT2D eigenvalue weighted by Crippen LogP contribution is 2.53. The van der Waals surface area contributed by atoms with Crippen LogP contribution in [0.3, 0.4) is 0 Å². The fraction of sp³-hybridized carbons (Fsp3) is 0.684. The number of carbonyl (C=O) groups is 1. The van der Waals surface area contributed by atoms with Crippen LogP contribution in [-0.4, -0.2) is 66.9 Å². The second-order valence-electron chi connectivity index (χ2n) is 9.66. The Balaban J connectivity index is 1.08. The molecule has 11 heteroatoms. The summed E-state index contributed by atoms with van der Waals surface area (Å²) in [6, 6.07) is 0.433. The molecular weight excluding hydrogens is 426 g/mol. The van der Waals surface area contributed by atoms with Gasteiger partial charge in [0.05, 0.1) is 22.8 Å². The van der Waals surface area contributed by atoms with Gasteiger partial charge in [-0.15, -0.1) is 0 Å². The van der Waals surface area contributed by atoms with Crippen LogP contribution in [0.25, 0.3) is 0 Å². The van der Waals surface area contributed by atoms with Gasteiger partial charge in [-0.2, -0.15) is 13.2 Å². The van der Waals surface area contributed by atoms with Crippen LogP contribution >= 0.6 is 0 Å². The van der Waals surface area contributed by atoms with E-state index in [1.807, 2.05) is 0 Å². The Kier molecular flexibility index (Phi) is 4.05. The summed E-state index contributed by atoms with van der Waals surface area (Å²) < 4.78 is 74.5. The van der Waals surface area contributed by atoms with Gasteiger partial charge in [0.1, 0.15) is 5.82 Å². The SMILES string of the molecule is O=C(N1CC2(CC(Cc3ncc(C(F)(F)F)cc3F)C2)C1)N1CC2(C1)CS(=O)(=O)C2. The van der Waals surface area contributed by atoms with E-state index < -0.39 is 27.4 Å². The Labute approximate surface area is 171 Å². The van der Waals surface area contributed by atoms with Crippen LogP contribution in [0, 0.1) is 22.6 Å². The van der Waals surface area contributed by atoms with Crippen molar-refractivity contribution in [3.8, 4) is 0 Å². The molecule has 30 heavy (non-hydrogen) atoms. The average Bonchev–Trinajstić information content (AvgIpc) is 2.50. The average molecular weight is 447 g/mol. The van der Waals surface area contributed by atoms with Crippen LogP contribution in [0.2, 0.25) is 0 Å². The first-order valence-electron chi connectivity index (χ1n) is 9.84. The first-order chi connectivity index (χ1) is 13.9. The molecule has 3 aliphatic heterocycles. The zero-order valence-corrected chi connectivity index (χ0v) is 16.9. The molecule has 1 saturated carbocycles. The van der Waals surface area contributed by atoms with Crippen molar-refractivity contribution in [1.82, 2.24) is 14.8 Å². The Hall–Kier alpha value is -1.91. The molecule has 6 nitrogen and oxygen atoms in total. The molecule has 0 aromatic carbocycles. The molecule has 0 radical (unpaired) electrons. The van der Waals surface area contributed by atoms with Gasteiger partial charge >= 0.3 is 12.2 Å². The molecule has 0 N–H and O–H groups in total. The lowest BCUT2D eigenvalue weighted by Gasteiger charge is -2.62. The molecule has 4 aliphatic rings. The van der Waals surface area contributed by atoms with E-state index in [-0.39, 0.29) is 40.0 Å². The summed E-state index contributed by atoms with van der Waals surface area (Å²) in [6.07, 6.45) is -2.06. The lowest BCUT2D eigenvalue weighted by molar-refractivity contribution is -0.138. The third-order valence-electron chi connectivity index (χ3n) is 6.87. The van der Waals surface area contributed by atoms with E-state index >= 15 is 0 Å². The van der Waals surface area contributed by atoms with Crippen molar-refractivity contribution in [3.63, 3.8) is 0 Å². The molecule has 4 fully saturated rings. The highest BCUT2D eigenvalue weighted by molar-refractivity contribution is 7.92. The first-order valence-corrected chi connectivity index (χ1v) is 11.7. The number of halogens is 4. The molecule has 1 aromatic heterocycles. The van der Waals surface area contributed by atoms with E-state index in [0.29, 0.717) is 44.9 Å². The van der Waals surface area contributed by atoms with Crippen LogP contribution in [0.15, 0.2) is 12.3 Å². The third kappa shape index (κ3) is 3.25. The number of sulfone groups is 1. The molecule has 2 amide bonds. The molecule has 0 atom stereocenters. The predicted molar refractivity (Wildman–Crippen MR) is 97.7 cm³/mol. The second-order valence-corrected chi connectivity index (χ2v) is 11.7. The molecule has 1 aromatic rings. The minimum absolute atomic E-state index is 0.0189. The second kappa shape index (κ2) is 6.08. The molecule has 0 bridgehead atoms. The summed E-state index contributed by atoms with van der Waals surface area (Å²) in [6.45, 7) is 2.23. The summed E-state index contributed by atoms with van der Waals surface area (Å²) in [5.41, 5.74) is -1.24. The van der Waals surface area contributed by atoms with Gasteiger partial charge in [-0.3, -0.25) is 4.98 Å². The van der Waals surface area contributed by atoms with Crippen LogP contribution in [-0.2, 0) is 22.4 Å². The molecule has 4 heterocycles. The fourth-order valence-corrected chi connectivity index (χ4v) is 7.83. The third-order valence-corrected chi connectivity index (χ3v) is 8.97. The number of amides is 2. The van der Waals surface area contributed by atoms with Gasteiger partial charge < -0.3 is 9.80 Å². The molecule has 1 aliphatic carbocycles. The number of pyridine rings is 1. The van der Waals surface area contributed by atoms with Crippen molar-refractivity contribution < 1.29 is 30.8 Å². The number of urea groups is 1. The number of nitrogens with zero attached hydrogens (tertiary/aromatic N) is 3. The lowest BCUT2D eigenvalue weighted by Crippen LogP contribution is -2.73. The Morgan fingerprint density at radius 3 is 2.17 bits per heavy atom. The quantitative estimate of drug-likeness (QED) is 0.653. The number of carbonyl (C=O) groups excluding carboxylic acids is 1. The topological polar surface area (TPSA) is 70.6 Å². The maximum absolute atomic E-state index is 14.0. The number of aromatic nitrogens is 1. The van der Waals surface area contributed by atoms with E-state index in [0.717, 1.165) is 12.8 Å². The summed E-state index contributed by atoms with van der Waals surface area (Å²) in [7, 11) is -2.91. The van der Waals surface area contributed by atoms with Gasteiger partial charge in [0.15, 0.2) is 9.84 Å². The number of alkyl halides is 3. The lowest BCUT2D eigenvalue weighted by atomic mass is 9.57. The predicted octanol–water partition coefficient (Wildman–Crippen LogP) is 2.34. The summed E-state index contributed by atoms with van der Waals surface area (Å²) >= 11 is 0. The van der Waals surface area contributed by atoms with Gasteiger partial charge in [-0.05, 0) is 31.2 Å². The van der Waals surface area contributed by atoms with Gasteiger partial charge in [-0.25, -0.2) is 17.6 Å². The van der Waals surface area contributed by atoms with Crippen LogP contribution in [0.5, 0.6) is 0 Å². The normalized spacial score (nSPS) is 26.0. The molecule has 164 valence electrons. The highest BCUT2D eigenvalue weighted by atomic mass is 32.2. The molecular formula is C19H21F4N3O3S. The Morgan fingerprint density at radius 2 is 1.67 bits per heavy atom. The fourth-order valence-electron chi connectivity index (χ4n) is 5.68. The standard InChI is InChI=1S/C19H21F4N3O3S/c20-14-2-13(19(21,22)23)5-24-15(14)1-12-3-17(4-12)6-25(7-17)16(27)26-8-18(9-26)10-30(28,29)11-18/h2,5,12H,1,3-4,6-11H2. The van der Waals surface area contributed by atoms with Crippen molar-refractivity contribution in [2.75, 3.05) is 37.7 Å². The zero-order valence-electron chi connectivity index (χ0n) is 16.1. The highest BCUT2D eigenvalue weighted by Gasteiger charge is 2.60. The number of hydrogen-bond acceptors (Lipinski definition) is 4. The van der Waals surface area contributed by atoms with Gasteiger partial charge in [0.2, 0.25) is 0 Å². The van der Waals surface area contributed by atoms with Gasteiger partial charge in [0, 0.05) is 43.2 Å². The minimum atomic E-state index is -4.61. The zero-order chi connectivity index (χ0) is 21.5. The number of rotatable bonds is 2. The maximum atomic E-state index is 14.0. The van der Waals surface area contributed by atoms with Crippen molar-refractivity contribution in [3.05, 3.63) is 29.3 Å². The van der Waals surface area contributed by atoms with Crippen molar-refractivity contribution in [2.45, 2.75) is 25.4 Å². The largest absolute Gasteiger partial charge is 0.417 e. The van der Waals surface area contributed by atoms with Crippen LogP contribution in [0.1, 0.15) is 24.1 Å². The summed E-state index contributed by atoms with van der Waals surface area (Å²) in [5.74, 6) is -0.442. The first kappa shape index (κ1) is 20.0. The molecule has 2 spiro atoms. The van der Waals surface area contributed by atoms with E-state index in [4.69, 9.17) is 0 Å².